The molecule has 4 heteroatoms. The Bertz CT molecular complexity index is 681. The molecule has 2 rings (SSSR count). The summed E-state index contributed by atoms with van der Waals surface area (Å²) < 4.78 is 15.5. The molecule has 0 aliphatic heterocycles. The van der Waals surface area contributed by atoms with Crippen molar-refractivity contribution >= 4 is 10.8 Å². The van der Waals surface area contributed by atoms with Crippen molar-refractivity contribution in [2.75, 3.05) is 0 Å². The van der Waals surface area contributed by atoms with Gasteiger partial charge in [0.25, 0.3) is 5.56 Å². The number of nitrogens with zero attached hydrogens (tertiary/aromatic N) is 2. The van der Waals surface area contributed by atoms with Gasteiger partial charge in [0.1, 0.15) is 5.82 Å². The van der Waals surface area contributed by atoms with Crippen LogP contribution in [0.3, 0.4) is 0 Å². The summed E-state index contributed by atoms with van der Waals surface area (Å²) in [5.74, 6) is -0.468. The monoisotopic (exact) mass is 262 g/mol. The van der Waals surface area contributed by atoms with Gasteiger partial charge in [-0.2, -0.15) is 5.10 Å². The fourth-order valence-corrected chi connectivity index (χ4v) is 2.05. The maximum Gasteiger partial charge on any atom is 0.277 e. The van der Waals surface area contributed by atoms with Crippen LogP contribution < -0.4 is 5.56 Å². The van der Waals surface area contributed by atoms with E-state index in [1.54, 1.807) is 6.20 Å². The zero-order chi connectivity index (χ0) is 14.4. The van der Waals surface area contributed by atoms with Crippen LogP contribution in [0.5, 0.6) is 0 Å². The quantitative estimate of drug-likeness (QED) is 0.789. The molecule has 0 aliphatic carbocycles. The predicted octanol–water partition coefficient (Wildman–Crippen LogP) is 3.41. The van der Waals surface area contributed by atoms with Gasteiger partial charge in [0.15, 0.2) is 0 Å². The average Bonchev–Trinajstić information content (AvgIpc) is 2.26. The summed E-state index contributed by atoms with van der Waals surface area (Å²) in [5.41, 5.74) is 0.327. The number of hydrogen-bond acceptors (Lipinski definition) is 2. The van der Waals surface area contributed by atoms with E-state index in [1.807, 2.05) is 40.7 Å². The molecule has 1 heterocycles. The molecule has 19 heavy (non-hydrogen) atoms. The maximum atomic E-state index is 14.2. The van der Waals surface area contributed by atoms with Crippen LogP contribution in [0, 0.1) is 5.82 Å². The first-order valence-electron chi connectivity index (χ1n) is 6.43. The fraction of sp³-hybridized carbons (Fsp3) is 0.467. The van der Waals surface area contributed by atoms with Crippen LogP contribution in [-0.4, -0.2) is 9.78 Å². The van der Waals surface area contributed by atoms with Crippen molar-refractivity contribution in [3.8, 4) is 0 Å². The molecule has 0 atom stereocenters. The van der Waals surface area contributed by atoms with Crippen molar-refractivity contribution in [1.82, 2.24) is 9.78 Å². The first-order chi connectivity index (χ1) is 8.71. The molecule has 0 saturated heterocycles. The third kappa shape index (κ3) is 2.39. The lowest BCUT2D eigenvalue weighted by atomic mass is 9.86. The van der Waals surface area contributed by atoms with Crippen molar-refractivity contribution in [2.24, 2.45) is 0 Å². The molecular weight excluding hydrogens is 243 g/mol. The van der Waals surface area contributed by atoms with Crippen molar-refractivity contribution in [2.45, 2.75) is 46.1 Å². The number of rotatable bonds is 1. The minimum absolute atomic E-state index is 0.0846. The van der Waals surface area contributed by atoms with E-state index in [4.69, 9.17) is 0 Å². The molecule has 0 aliphatic rings. The van der Waals surface area contributed by atoms with Gasteiger partial charge in [-0.05, 0) is 37.0 Å². The maximum absolute atomic E-state index is 14.2. The van der Waals surface area contributed by atoms with Crippen molar-refractivity contribution in [3.63, 3.8) is 0 Å². The van der Waals surface area contributed by atoms with E-state index in [-0.39, 0.29) is 22.4 Å². The van der Waals surface area contributed by atoms with Crippen LogP contribution >= 0.6 is 0 Å². The van der Waals surface area contributed by atoms with E-state index in [0.29, 0.717) is 5.39 Å². The third-order valence-electron chi connectivity index (χ3n) is 3.22. The Labute approximate surface area is 112 Å². The van der Waals surface area contributed by atoms with Crippen LogP contribution in [0.1, 0.15) is 46.2 Å². The van der Waals surface area contributed by atoms with Crippen molar-refractivity contribution < 1.29 is 4.39 Å². The first kappa shape index (κ1) is 13.7. The van der Waals surface area contributed by atoms with E-state index in [0.717, 1.165) is 5.56 Å². The molecule has 0 unspecified atom stereocenters. The van der Waals surface area contributed by atoms with E-state index < -0.39 is 5.82 Å². The predicted molar refractivity (Wildman–Crippen MR) is 75.0 cm³/mol. The molecule has 1 aromatic heterocycles. The van der Waals surface area contributed by atoms with E-state index in [2.05, 4.69) is 5.10 Å². The smallest absolute Gasteiger partial charge is 0.267 e. The molecule has 0 radical (unpaired) electrons. The molecule has 0 N–H and O–H groups in total. The minimum atomic E-state index is -0.468. The van der Waals surface area contributed by atoms with E-state index >= 15 is 0 Å². The van der Waals surface area contributed by atoms with Crippen LogP contribution in [0.4, 0.5) is 4.39 Å². The molecule has 0 spiro atoms. The van der Waals surface area contributed by atoms with Crippen molar-refractivity contribution in [1.29, 1.82) is 0 Å². The normalized spacial score (nSPS) is 12.4. The minimum Gasteiger partial charge on any atom is -0.267 e. The molecular formula is C15H19FN2O. The summed E-state index contributed by atoms with van der Waals surface area (Å²) in [4.78, 5) is 12.2. The van der Waals surface area contributed by atoms with E-state index in [9.17, 15) is 9.18 Å². The Morgan fingerprint density at radius 3 is 2.42 bits per heavy atom. The molecule has 3 nitrogen and oxygen atoms in total. The molecule has 0 fully saturated rings. The van der Waals surface area contributed by atoms with Crippen LogP contribution in [0.15, 0.2) is 23.1 Å². The summed E-state index contributed by atoms with van der Waals surface area (Å²) in [6.07, 6.45) is 1.56. The Balaban J connectivity index is 2.81. The second-order valence-electron chi connectivity index (χ2n) is 6.16. The topological polar surface area (TPSA) is 34.9 Å². The first-order valence-corrected chi connectivity index (χ1v) is 6.43. The molecule has 102 valence electrons. The van der Waals surface area contributed by atoms with Gasteiger partial charge in [-0.25, -0.2) is 9.07 Å². The Morgan fingerprint density at radius 2 is 1.89 bits per heavy atom. The standard InChI is InChI=1S/C15H19FN2O/c1-9(2)18-14(19)13-10(8-17-18)6-11(7-12(13)16)15(3,4)5/h6-9H,1-5H3. The van der Waals surface area contributed by atoms with Gasteiger partial charge < -0.3 is 0 Å². The largest absolute Gasteiger partial charge is 0.277 e. The van der Waals surface area contributed by atoms with Gasteiger partial charge in [0.05, 0.1) is 17.6 Å². The SMILES string of the molecule is CC(C)n1ncc2cc(C(C)(C)C)cc(F)c2c1=O. The summed E-state index contributed by atoms with van der Waals surface area (Å²) in [7, 11) is 0. The summed E-state index contributed by atoms with van der Waals surface area (Å²) in [5, 5.41) is 4.79. The average molecular weight is 262 g/mol. The van der Waals surface area contributed by atoms with Crippen LogP contribution in [0.25, 0.3) is 10.8 Å². The Kier molecular flexibility index (Phi) is 3.20. The fourth-order valence-electron chi connectivity index (χ4n) is 2.05. The van der Waals surface area contributed by atoms with Gasteiger partial charge in [0.2, 0.25) is 0 Å². The van der Waals surface area contributed by atoms with Crippen molar-refractivity contribution in [3.05, 3.63) is 40.1 Å². The lowest BCUT2D eigenvalue weighted by Gasteiger charge is -2.20. The molecule has 2 aromatic rings. The molecule has 0 amide bonds. The second-order valence-corrected chi connectivity index (χ2v) is 6.16. The second kappa shape index (κ2) is 4.44. The number of hydrogen-bond donors (Lipinski definition) is 0. The number of fused-ring (bicyclic) bond motifs is 1. The summed E-state index contributed by atoms with van der Waals surface area (Å²) in [6, 6.07) is 3.21. The third-order valence-corrected chi connectivity index (χ3v) is 3.22. The van der Waals surface area contributed by atoms with Gasteiger partial charge in [-0.3, -0.25) is 4.79 Å². The lowest BCUT2D eigenvalue weighted by molar-refractivity contribution is 0.504. The highest BCUT2D eigenvalue weighted by Crippen LogP contribution is 2.26. The number of benzene rings is 1. The number of aromatic nitrogens is 2. The Morgan fingerprint density at radius 1 is 1.26 bits per heavy atom. The molecule has 1 aromatic carbocycles. The zero-order valence-electron chi connectivity index (χ0n) is 12.0. The lowest BCUT2D eigenvalue weighted by Crippen LogP contribution is -2.25. The molecule has 0 bridgehead atoms. The highest BCUT2D eigenvalue weighted by atomic mass is 19.1. The van der Waals surface area contributed by atoms with Gasteiger partial charge in [-0.15, -0.1) is 0 Å². The highest BCUT2D eigenvalue weighted by molar-refractivity contribution is 5.82. The summed E-state index contributed by atoms with van der Waals surface area (Å²) >= 11 is 0. The van der Waals surface area contributed by atoms with Crippen LogP contribution in [0.2, 0.25) is 0 Å². The van der Waals surface area contributed by atoms with Crippen LogP contribution in [-0.2, 0) is 5.41 Å². The highest BCUT2D eigenvalue weighted by Gasteiger charge is 2.18. The van der Waals surface area contributed by atoms with Gasteiger partial charge >= 0.3 is 0 Å². The molecule has 0 saturated carbocycles. The summed E-state index contributed by atoms with van der Waals surface area (Å²) in [6.45, 7) is 9.73. The zero-order valence-corrected chi connectivity index (χ0v) is 12.0. The Hall–Kier alpha value is -1.71. The van der Waals surface area contributed by atoms with Gasteiger partial charge in [-0.1, -0.05) is 20.8 Å². The van der Waals surface area contributed by atoms with Gasteiger partial charge in [0, 0.05) is 5.39 Å². The van der Waals surface area contributed by atoms with E-state index in [1.165, 1.54) is 10.7 Å². The number of halogens is 1.